The van der Waals surface area contributed by atoms with E-state index >= 15 is 0 Å². The van der Waals surface area contributed by atoms with E-state index in [0.717, 1.165) is 51.4 Å². The Hall–Kier alpha value is -3.93. The molecule has 1 atom stereocenters. The Morgan fingerprint density at radius 3 is 1.39 bits per heavy atom. The first-order valence-corrected chi connectivity index (χ1v) is 22.5. The smallest absolute Gasteiger partial charge is 0.306 e. The van der Waals surface area contributed by atoms with Crippen LogP contribution in [0, 0.1) is 0 Å². The van der Waals surface area contributed by atoms with Crippen molar-refractivity contribution in [2.75, 3.05) is 13.2 Å². The van der Waals surface area contributed by atoms with Gasteiger partial charge in [0.25, 0.3) is 0 Å². The number of rotatable bonds is 38. The van der Waals surface area contributed by atoms with Gasteiger partial charge in [-0.25, -0.2) is 0 Å². The molecular formula is C51H80O6. The lowest BCUT2D eigenvalue weighted by atomic mass is 10.1. The second-order valence-corrected chi connectivity index (χ2v) is 14.4. The average molecular weight is 789 g/mol. The number of allylic oxidation sites excluding steroid dienone is 18. The second-order valence-electron chi connectivity index (χ2n) is 14.4. The molecular weight excluding hydrogens is 709 g/mol. The zero-order valence-corrected chi connectivity index (χ0v) is 36.3. The number of carbonyl (C=O) groups is 3. The number of esters is 3. The van der Waals surface area contributed by atoms with Crippen LogP contribution in [0.3, 0.4) is 0 Å². The highest BCUT2D eigenvalue weighted by molar-refractivity contribution is 5.71. The van der Waals surface area contributed by atoms with Crippen molar-refractivity contribution in [3.05, 3.63) is 109 Å². The lowest BCUT2D eigenvalue weighted by molar-refractivity contribution is -0.166. The number of ether oxygens (including phenoxy) is 3. The molecule has 0 spiro atoms. The normalized spacial score (nSPS) is 13.1. The van der Waals surface area contributed by atoms with Gasteiger partial charge in [-0.3, -0.25) is 14.4 Å². The lowest BCUT2D eigenvalue weighted by Gasteiger charge is -2.18. The molecule has 1 unspecified atom stereocenters. The van der Waals surface area contributed by atoms with Gasteiger partial charge in [0, 0.05) is 19.3 Å². The van der Waals surface area contributed by atoms with Crippen molar-refractivity contribution >= 4 is 17.9 Å². The van der Waals surface area contributed by atoms with Crippen LogP contribution in [0.5, 0.6) is 0 Å². The van der Waals surface area contributed by atoms with Crippen molar-refractivity contribution in [1.82, 2.24) is 0 Å². The molecule has 0 aromatic heterocycles. The van der Waals surface area contributed by atoms with Crippen LogP contribution in [0.2, 0.25) is 0 Å². The number of carbonyl (C=O) groups excluding carboxylic acids is 3. The summed E-state index contributed by atoms with van der Waals surface area (Å²) in [5.74, 6) is -1.09. The molecule has 0 N–H and O–H groups in total. The van der Waals surface area contributed by atoms with E-state index in [0.29, 0.717) is 19.3 Å². The summed E-state index contributed by atoms with van der Waals surface area (Å²) in [5.41, 5.74) is 0. The summed E-state index contributed by atoms with van der Waals surface area (Å²) in [6.07, 6.45) is 59.5. The van der Waals surface area contributed by atoms with Gasteiger partial charge in [-0.05, 0) is 77.0 Å². The van der Waals surface area contributed by atoms with Crippen molar-refractivity contribution in [2.24, 2.45) is 0 Å². The highest BCUT2D eigenvalue weighted by atomic mass is 16.6. The predicted octanol–water partition coefficient (Wildman–Crippen LogP) is 14.4. The minimum Gasteiger partial charge on any atom is -0.462 e. The average Bonchev–Trinajstić information content (AvgIpc) is 3.21. The maximum absolute atomic E-state index is 12.7. The van der Waals surface area contributed by atoms with E-state index < -0.39 is 12.1 Å². The fourth-order valence-corrected chi connectivity index (χ4v) is 5.53. The highest BCUT2D eigenvalue weighted by Gasteiger charge is 2.19. The second kappa shape index (κ2) is 44.8. The lowest BCUT2D eigenvalue weighted by Crippen LogP contribution is -2.30. The third kappa shape index (κ3) is 43.0. The quantitative estimate of drug-likeness (QED) is 0.0204. The van der Waals surface area contributed by atoms with E-state index in [2.05, 4.69) is 63.3 Å². The first kappa shape index (κ1) is 53.1. The molecule has 0 amide bonds. The first-order chi connectivity index (χ1) is 28.0. The van der Waals surface area contributed by atoms with E-state index in [9.17, 15) is 14.4 Å². The van der Waals surface area contributed by atoms with Gasteiger partial charge in [0.1, 0.15) is 13.2 Å². The third-order valence-corrected chi connectivity index (χ3v) is 8.91. The number of unbranched alkanes of at least 4 members (excludes halogenated alkanes) is 14. The van der Waals surface area contributed by atoms with E-state index in [1.807, 2.05) is 66.8 Å². The van der Waals surface area contributed by atoms with Crippen molar-refractivity contribution < 1.29 is 28.6 Å². The summed E-state index contributed by atoms with van der Waals surface area (Å²) in [5, 5.41) is 0. The SMILES string of the molecule is CC\C=C/C=C\C=C/C=C\C=C\C=C/CCCCCC(=O)OCC(COC(=O)CCC/C=C\CCCCCC)OC(=O)CC/C=C\C/C=C\CCCCCCCC. The molecule has 0 aliphatic carbocycles. The Labute approximate surface area is 349 Å². The molecule has 0 aromatic carbocycles. The van der Waals surface area contributed by atoms with Crippen LogP contribution in [0.15, 0.2) is 109 Å². The largest absolute Gasteiger partial charge is 0.462 e. The van der Waals surface area contributed by atoms with Gasteiger partial charge in [0.05, 0.1) is 0 Å². The van der Waals surface area contributed by atoms with Crippen molar-refractivity contribution in [3.63, 3.8) is 0 Å². The third-order valence-electron chi connectivity index (χ3n) is 8.91. The van der Waals surface area contributed by atoms with Gasteiger partial charge >= 0.3 is 17.9 Å². The zero-order chi connectivity index (χ0) is 41.5. The molecule has 0 saturated heterocycles. The van der Waals surface area contributed by atoms with Crippen molar-refractivity contribution in [3.8, 4) is 0 Å². The van der Waals surface area contributed by atoms with E-state index in [4.69, 9.17) is 14.2 Å². The van der Waals surface area contributed by atoms with Gasteiger partial charge in [-0.1, -0.05) is 188 Å². The topological polar surface area (TPSA) is 78.9 Å². The van der Waals surface area contributed by atoms with Gasteiger partial charge in [-0.2, -0.15) is 0 Å². The molecule has 0 aliphatic rings. The predicted molar refractivity (Wildman–Crippen MR) is 242 cm³/mol. The number of hydrogen-bond acceptors (Lipinski definition) is 6. The molecule has 0 aliphatic heterocycles. The van der Waals surface area contributed by atoms with Gasteiger partial charge < -0.3 is 14.2 Å². The fraction of sp³-hybridized carbons (Fsp3) is 0.588. The highest BCUT2D eigenvalue weighted by Crippen LogP contribution is 2.10. The maximum atomic E-state index is 12.7. The minimum absolute atomic E-state index is 0.133. The van der Waals surface area contributed by atoms with Gasteiger partial charge in [0.2, 0.25) is 0 Å². The molecule has 0 aromatic rings. The molecule has 0 heterocycles. The minimum atomic E-state index is -0.837. The van der Waals surface area contributed by atoms with E-state index in [1.165, 1.54) is 64.2 Å². The molecule has 0 bridgehead atoms. The Morgan fingerprint density at radius 1 is 0.386 bits per heavy atom. The Balaban J connectivity index is 4.58. The van der Waals surface area contributed by atoms with Crippen LogP contribution in [0.4, 0.5) is 0 Å². The zero-order valence-electron chi connectivity index (χ0n) is 36.3. The molecule has 0 rings (SSSR count). The number of hydrogen-bond donors (Lipinski definition) is 0. The van der Waals surface area contributed by atoms with E-state index in [1.54, 1.807) is 0 Å². The summed E-state index contributed by atoms with van der Waals surface area (Å²) in [7, 11) is 0. The van der Waals surface area contributed by atoms with Crippen LogP contribution >= 0.6 is 0 Å². The van der Waals surface area contributed by atoms with Crippen LogP contribution in [0.25, 0.3) is 0 Å². The first-order valence-electron chi connectivity index (χ1n) is 22.5. The molecule has 0 saturated carbocycles. The van der Waals surface area contributed by atoms with Crippen LogP contribution in [-0.2, 0) is 28.6 Å². The standard InChI is InChI=1S/C51H80O6/c1-4-7-10-13-16-19-21-23-24-25-26-28-29-32-35-38-41-44-50(53)56-47-48(46-55-49(52)43-40-37-34-31-18-15-12-9-6-3)57-51(54)45-42-39-36-33-30-27-22-20-17-14-11-8-5-2/h7,10,13,16,19,21,23-31,34,36,39,48H,4-6,8-9,11-12,14-15,17-18,20,22,32-33,35,37-38,40-47H2,1-3H3/b10-7-,16-13-,21-19-,24-23-,26-25+,29-28-,30-27-,34-31-,39-36-. The van der Waals surface area contributed by atoms with Crippen LogP contribution in [-0.4, -0.2) is 37.2 Å². The summed E-state index contributed by atoms with van der Waals surface area (Å²) >= 11 is 0. The molecule has 6 heteroatoms. The van der Waals surface area contributed by atoms with Crippen LogP contribution < -0.4 is 0 Å². The fourth-order valence-electron chi connectivity index (χ4n) is 5.53. The summed E-state index contributed by atoms with van der Waals surface area (Å²) in [6, 6.07) is 0. The molecule has 0 fully saturated rings. The van der Waals surface area contributed by atoms with E-state index in [-0.39, 0.29) is 44.4 Å². The summed E-state index contributed by atoms with van der Waals surface area (Å²) in [6.45, 7) is 6.29. The molecule has 57 heavy (non-hydrogen) atoms. The van der Waals surface area contributed by atoms with Gasteiger partial charge in [-0.15, -0.1) is 0 Å². The summed E-state index contributed by atoms with van der Waals surface area (Å²) < 4.78 is 16.5. The van der Waals surface area contributed by atoms with Crippen LogP contribution in [0.1, 0.15) is 175 Å². The van der Waals surface area contributed by atoms with Crippen molar-refractivity contribution in [2.45, 2.75) is 181 Å². The molecule has 0 radical (unpaired) electrons. The van der Waals surface area contributed by atoms with Crippen molar-refractivity contribution in [1.29, 1.82) is 0 Å². The Bertz CT molecular complexity index is 1230. The Morgan fingerprint density at radius 2 is 0.807 bits per heavy atom. The maximum Gasteiger partial charge on any atom is 0.306 e. The van der Waals surface area contributed by atoms with Gasteiger partial charge in [0.15, 0.2) is 6.10 Å². The summed E-state index contributed by atoms with van der Waals surface area (Å²) in [4.78, 5) is 37.6. The Kier molecular flexibility index (Phi) is 41.7. The molecule has 6 nitrogen and oxygen atoms in total. The molecule has 320 valence electrons. The monoisotopic (exact) mass is 789 g/mol.